The Kier molecular flexibility index (Phi) is 4.15. The summed E-state index contributed by atoms with van der Waals surface area (Å²) in [6.07, 6.45) is -3.53. The van der Waals surface area contributed by atoms with Gasteiger partial charge in [0, 0.05) is 17.6 Å². The van der Waals surface area contributed by atoms with Crippen LogP contribution in [-0.2, 0) is 6.18 Å². The first-order chi connectivity index (χ1) is 7.36. The first-order valence-electron chi connectivity index (χ1n) is 3.90. The molecule has 0 N–H and O–H groups in total. The number of halogens is 5. The quantitative estimate of drug-likeness (QED) is 0.450. The van der Waals surface area contributed by atoms with Gasteiger partial charge in [-0.2, -0.15) is 13.2 Å². The van der Waals surface area contributed by atoms with Gasteiger partial charge in [-0.3, -0.25) is 4.99 Å². The first-order valence-corrected chi connectivity index (χ1v) is 5.16. The second-order valence-electron chi connectivity index (χ2n) is 2.70. The summed E-state index contributed by atoms with van der Waals surface area (Å²) in [7, 11) is 0. The SMILES string of the molecule is Fc1cc(N=CC=S)cc(C(F)(F)F)c1Br. The second kappa shape index (κ2) is 5.01. The maximum Gasteiger partial charge on any atom is 0.417 e. The summed E-state index contributed by atoms with van der Waals surface area (Å²) in [6.45, 7) is 0. The molecule has 1 aromatic rings. The molecule has 0 aromatic heterocycles. The first kappa shape index (κ1) is 13.2. The van der Waals surface area contributed by atoms with Gasteiger partial charge in [0.15, 0.2) is 0 Å². The summed E-state index contributed by atoms with van der Waals surface area (Å²) in [5.74, 6) is -1.02. The average molecular weight is 314 g/mol. The van der Waals surface area contributed by atoms with E-state index in [-0.39, 0.29) is 5.69 Å². The van der Waals surface area contributed by atoms with Gasteiger partial charge in [0.1, 0.15) is 5.82 Å². The zero-order chi connectivity index (χ0) is 12.3. The minimum Gasteiger partial charge on any atom is -0.256 e. The molecule has 0 spiro atoms. The summed E-state index contributed by atoms with van der Waals surface area (Å²) in [4.78, 5) is 3.56. The van der Waals surface area contributed by atoms with Crippen LogP contribution in [0, 0.1) is 5.82 Å². The van der Waals surface area contributed by atoms with Crippen LogP contribution in [0.2, 0.25) is 0 Å². The van der Waals surface area contributed by atoms with Gasteiger partial charge in [-0.15, -0.1) is 0 Å². The lowest BCUT2D eigenvalue weighted by atomic mass is 10.2. The number of hydrogen-bond acceptors (Lipinski definition) is 2. The normalized spacial score (nSPS) is 12.1. The molecule has 0 atom stereocenters. The predicted molar refractivity (Wildman–Crippen MR) is 60.9 cm³/mol. The van der Waals surface area contributed by atoms with Crippen LogP contribution in [0.15, 0.2) is 21.6 Å². The number of rotatable bonds is 2. The van der Waals surface area contributed by atoms with E-state index in [4.69, 9.17) is 0 Å². The van der Waals surface area contributed by atoms with Crippen LogP contribution in [0.4, 0.5) is 23.2 Å². The Morgan fingerprint density at radius 2 is 1.94 bits per heavy atom. The Morgan fingerprint density at radius 3 is 2.44 bits per heavy atom. The Labute approximate surface area is 102 Å². The Morgan fingerprint density at radius 1 is 1.31 bits per heavy atom. The molecule has 0 aliphatic heterocycles. The highest BCUT2D eigenvalue weighted by molar-refractivity contribution is 9.10. The van der Waals surface area contributed by atoms with Gasteiger partial charge in [-0.05, 0) is 22.0 Å². The predicted octanol–water partition coefficient (Wildman–Crippen LogP) is 4.31. The van der Waals surface area contributed by atoms with Crippen molar-refractivity contribution in [2.75, 3.05) is 0 Å². The fourth-order valence-corrected chi connectivity index (χ4v) is 1.49. The molecular weight excluding hydrogens is 310 g/mol. The molecule has 1 nitrogen and oxygen atoms in total. The average Bonchev–Trinajstić information content (AvgIpc) is 2.17. The molecule has 0 aliphatic rings. The lowest BCUT2D eigenvalue weighted by molar-refractivity contribution is -0.138. The van der Waals surface area contributed by atoms with Crippen LogP contribution in [0.25, 0.3) is 0 Å². The van der Waals surface area contributed by atoms with Crippen LogP contribution in [0.1, 0.15) is 5.56 Å². The smallest absolute Gasteiger partial charge is 0.256 e. The Bertz CT molecular complexity index is 442. The van der Waals surface area contributed by atoms with Gasteiger partial charge >= 0.3 is 6.18 Å². The van der Waals surface area contributed by atoms with Crippen LogP contribution < -0.4 is 0 Å². The van der Waals surface area contributed by atoms with Crippen LogP contribution in [0.3, 0.4) is 0 Å². The molecule has 0 heterocycles. The number of benzene rings is 1. The van der Waals surface area contributed by atoms with Crippen molar-refractivity contribution in [3.05, 3.63) is 28.0 Å². The van der Waals surface area contributed by atoms with Gasteiger partial charge < -0.3 is 0 Å². The third-order valence-electron chi connectivity index (χ3n) is 1.60. The molecule has 1 rings (SSSR count). The van der Waals surface area contributed by atoms with Crippen molar-refractivity contribution in [1.29, 1.82) is 0 Å². The molecule has 1 aromatic carbocycles. The largest absolute Gasteiger partial charge is 0.417 e. The van der Waals surface area contributed by atoms with Crippen LogP contribution >= 0.6 is 28.1 Å². The highest BCUT2D eigenvalue weighted by Crippen LogP contribution is 2.38. The van der Waals surface area contributed by atoms with Gasteiger partial charge in [0.05, 0.1) is 15.7 Å². The minimum atomic E-state index is -4.64. The van der Waals surface area contributed by atoms with Crippen molar-refractivity contribution in [2.45, 2.75) is 6.18 Å². The maximum absolute atomic E-state index is 13.1. The van der Waals surface area contributed by atoms with Gasteiger partial charge in [-0.25, -0.2) is 4.39 Å². The molecule has 16 heavy (non-hydrogen) atoms. The van der Waals surface area contributed by atoms with E-state index in [0.717, 1.165) is 23.7 Å². The van der Waals surface area contributed by atoms with Crippen molar-refractivity contribution in [3.63, 3.8) is 0 Å². The number of aliphatic imine (C=N–C) groups is 1. The Hall–Kier alpha value is -0.820. The van der Waals surface area contributed by atoms with Gasteiger partial charge in [0.2, 0.25) is 0 Å². The number of hydrogen-bond donors (Lipinski definition) is 0. The molecule has 0 amide bonds. The third-order valence-corrected chi connectivity index (χ3v) is 2.53. The Balaban J connectivity index is 3.33. The maximum atomic E-state index is 13.1. The molecule has 0 aliphatic carbocycles. The molecule has 7 heteroatoms. The summed E-state index contributed by atoms with van der Waals surface area (Å²) in [5.41, 5.74) is -1.25. The standard InChI is InChI=1S/C9H4BrF4NS/c10-8-6(9(12,13)14)3-5(4-7(8)11)15-1-2-16/h1-4H. The van der Waals surface area contributed by atoms with Crippen molar-refractivity contribution >= 4 is 45.4 Å². The van der Waals surface area contributed by atoms with E-state index in [1.54, 1.807) is 0 Å². The van der Waals surface area contributed by atoms with E-state index in [1.165, 1.54) is 0 Å². The van der Waals surface area contributed by atoms with Gasteiger partial charge in [0.25, 0.3) is 0 Å². The van der Waals surface area contributed by atoms with Crippen molar-refractivity contribution in [2.24, 2.45) is 4.99 Å². The lowest BCUT2D eigenvalue weighted by Gasteiger charge is -2.10. The molecule has 0 unspecified atom stereocenters. The van der Waals surface area contributed by atoms with Crippen LogP contribution in [0.5, 0.6) is 0 Å². The molecule has 0 bridgehead atoms. The van der Waals surface area contributed by atoms with Crippen molar-refractivity contribution in [3.8, 4) is 0 Å². The molecule has 0 saturated carbocycles. The monoisotopic (exact) mass is 313 g/mol. The molecule has 0 radical (unpaired) electrons. The fraction of sp³-hybridized carbons (Fsp3) is 0.111. The summed E-state index contributed by atoms with van der Waals surface area (Å²) >= 11 is 6.96. The van der Waals surface area contributed by atoms with E-state index in [2.05, 4.69) is 33.1 Å². The van der Waals surface area contributed by atoms with E-state index >= 15 is 0 Å². The number of nitrogens with zero attached hydrogens (tertiary/aromatic N) is 1. The summed E-state index contributed by atoms with van der Waals surface area (Å²) in [6, 6.07) is 1.62. The van der Waals surface area contributed by atoms with Crippen molar-refractivity contribution in [1.82, 2.24) is 0 Å². The molecular formula is C9H4BrF4NS. The highest BCUT2D eigenvalue weighted by atomic mass is 79.9. The van der Waals surface area contributed by atoms with E-state index in [1.807, 2.05) is 0 Å². The molecule has 86 valence electrons. The zero-order valence-electron chi connectivity index (χ0n) is 7.55. The van der Waals surface area contributed by atoms with E-state index < -0.39 is 22.0 Å². The summed E-state index contributed by atoms with van der Waals surface area (Å²) in [5, 5.41) is 1.12. The van der Waals surface area contributed by atoms with E-state index in [9.17, 15) is 17.6 Å². The third kappa shape index (κ3) is 3.08. The molecule has 0 saturated heterocycles. The topological polar surface area (TPSA) is 12.4 Å². The summed E-state index contributed by atoms with van der Waals surface area (Å²) < 4.78 is 49.9. The van der Waals surface area contributed by atoms with E-state index in [0.29, 0.717) is 0 Å². The highest BCUT2D eigenvalue weighted by Gasteiger charge is 2.34. The lowest BCUT2D eigenvalue weighted by Crippen LogP contribution is -2.06. The number of thiocarbonyl (C=S) groups is 1. The molecule has 0 fully saturated rings. The minimum absolute atomic E-state index is 0.144. The van der Waals surface area contributed by atoms with Gasteiger partial charge in [-0.1, -0.05) is 12.2 Å². The fourth-order valence-electron chi connectivity index (χ4n) is 0.972. The second-order valence-corrected chi connectivity index (χ2v) is 3.77. The zero-order valence-corrected chi connectivity index (χ0v) is 9.96. The number of alkyl halides is 3. The van der Waals surface area contributed by atoms with Crippen LogP contribution in [-0.4, -0.2) is 11.6 Å². The van der Waals surface area contributed by atoms with Crippen molar-refractivity contribution < 1.29 is 17.6 Å².